The molecule has 4 aromatic rings. The molecule has 0 bridgehead atoms. The van der Waals surface area contributed by atoms with E-state index in [1.54, 1.807) is 55.6 Å². The van der Waals surface area contributed by atoms with Crippen molar-refractivity contribution in [2.75, 3.05) is 12.4 Å². The average Bonchev–Trinajstić information content (AvgIpc) is 3.07. The molecular formula is C22H23N5O4. The topological polar surface area (TPSA) is 99.6 Å². The van der Waals surface area contributed by atoms with E-state index in [0.717, 1.165) is 4.68 Å². The van der Waals surface area contributed by atoms with Gasteiger partial charge in [0.05, 0.1) is 18.0 Å². The summed E-state index contributed by atoms with van der Waals surface area (Å²) in [7, 11) is 1.56. The summed E-state index contributed by atoms with van der Waals surface area (Å²) in [5.74, 6) is 0.656. The normalized spacial score (nSPS) is 11.4. The van der Waals surface area contributed by atoms with Crippen LogP contribution >= 0.6 is 0 Å². The van der Waals surface area contributed by atoms with E-state index in [0.29, 0.717) is 28.9 Å². The summed E-state index contributed by atoms with van der Waals surface area (Å²) in [5, 5.41) is 7.50. The molecule has 0 aliphatic carbocycles. The standard InChI is InChI=1S/C22H23N5O4/c1-14(2)12-25-20(29)17-6-4-5-7-18(17)27-21(25)24-26(22(27)30)13-19(28)23-15-8-10-16(31-3)11-9-15/h4-11,14H,12-13H2,1-3H3,(H,23,28). The molecule has 31 heavy (non-hydrogen) atoms. The van der Waals surface area contributed by atoms with Crippen LogP contribution in [0.5, 0.6) is 5.75 Å². The van der Waals surface area contributed by atoms with Crippen molar-refractivity contribution >= 4 is 28.3 Å². The van der Waals surface area contributed by atoms with Gasteiger partial charge in [-0.2, -0.15) is 0 Å². The molecule has 2 aromatic carbocycles. The molecule has 0 atom stereocenters. The summed E-state index contributed by atoms with van der Waals surface area (Å²) in [6.45, 7) is 4.09. The van der Waals surface area contributed by atoms with Gasteiger partial charge in [-0.3, -0.25) is 14.2 Å². The van der Waals surface area contributed by atoms with E-state index in [2.05, 4.69) is 10.4 Å². The molecule has 0 aliphatic heterocycles. The summed E-state index contributed by atoms with van der Waals surface area (Å²) in [6, 6.07) is 13.8. The van der Waals surface area contributed by atoms with Crippen molar-refractivity contribution in [3.05, 3.63) is 69.4 Å². The zero-order chi connectivity index (χ0) is 22.1. The number of methoxy groups -OCH3 is 1. The third kappa shape index (κ3) is 3.81. The van der Waals surface area contributed by atoms with Crippen LogP contribution in [0.1, 0.15) is 13.8 Å². The Bertz CT molecular complexity index is 1380. The lowest BCUT2D eigenvalue weighted by molar-refractivity contribution is -0.117. The van der Waals surface area contributed by atoms with Gasteiger partial charge in [0, 0.05) is 12.2 Å². The van der Waals surface area contributed by atoms with Crippen molar-refractivity contribution in [1.29, 1.82) is 0 Å². The lowest BCUT2D eigenvalue weighted by atomic mass is 10.2. The number of nitrogens with zero attached hydrogens (tertiary/aromatic N) is 4. The van der Waals surface area contributed by atoms with Crippen LogP contribution in [-0.2, 0) is 17.9 Å². The number of fused-ring (bicyclic) bond motifs is 3. The zero-order valence-electron chi connectivity index (χ0n) is 17.5. The van der Waals surface area contributed by atoms with Gasteiger partial charge in [-0.25, -0.2) is 13.9 Å². The first-order valence-electron chi connectivity index (χ1n) is 9.94. The van der Waals surface area contributed by atoms with Crippen LogP contribution in [0.25, 0.3) is 16.7 Å². The largest absolute Gasteiger partial charge is 0.497 e. The smallest absolute Gasteiger partial charge is 0.352 e. The third-order valence-electron chi connectivity index (χ3n) is 4.90. The minimum atomic E-state index is -0.478. The Morgan fingerprint density at radius 3 is 2.48 bits per heavy atom. The number of carbonyl (C=O) groups is 1. The third-order valence-corrected chi connectivity index (χ3v) is 4.90. The van der Waals surface area contributed by atoms with Crippen molar-refractivity contribution in [2.45, 2.75) is 26.9 Å². The number of carbonyl (C=O) groups excluding carboxylic acids is 1. The number of benzene rings is 2. The monoisotopic (exact) mass is 421 g/mol. The fourth-order valence-corrected chi connectivity index (χ4v) is 3.51. The zero-order valence-corrected chi connectivity index (χ0v) is 17.5. The molecule has 0 unspecified atom stereocenters. The maximum absolute atomic E-state index is 13.1. The van der Waals surface area contributed by atoms with Gasteiger partial charge >= 0.3 is 5.69 Å². The Labute approximate surface area is 177 Å². The Hall–Kier alpha value is -3.88. The number of anilines is 1. The van der Waals surface area contributed by atoms with Crippen LogP contribution in [0.15, 0.2) is 58.1 Å². The molecule has 0 saturated heterocycles. The van der Waals surface area contributed by atoms with E-state index < -0.39 is 11.6 Å². The molecule has 0 aliphatic rings. The molecule has 0 radical (unpaired) electrons. The molecule has 1 amide bonds. The number of hydrogen-bond donors (Lipinski definition) is 1. The first-order chi connectivity index (χ1) is 14.9. The van der Waals surface area contributed by atoms with E-state index in [1.807, 2.05) is 13.8 Å². The second kappa shape index (κ2) is 8.10. The fraction of sp³-hybridized carbons (Fsp3) is 0.273. The lowest BCUT2D eigenvalue weighted by Crippen LogP contribution is -2.29. The van der Waals surface area contributed by atoms with Gasteiger partial charge in [0.2, 0.25) is 11.7 Å². The number of para-hydroxylation sites is 1. The molecule has 1 N–H and O–H groups in total. The number of aromatic nitrogens is 4. The summed E-state index contributed by atoms with van der Waals surface area (Å²) in [6.07, 6.45) is 0. The van der Waals surface area contributed by atoms with E-state index in [4.69, 9.17) is 4.74 Å². The second-order valence-corrected chi connectivity index (χ2v) is 7.68. The SMILES string of the molecule is COc1ccc(NC(=O)Cn2nc3n(CC(C)C)c(=O)c4ccccc4n3c2=O)cc1. The van der Waals surface area contributed by atoms with Gasteiger partial charge in [-0.05, 0) is 42.3 Å². The highest BCUT2D eigenvalue weighted by Crippen LogP contribution is 2.15. The second-order valence-electron chi connectivity index (χ2n) is 7.68. The van der Waals surface area contributed by atoms with E-state index >= 15 is 0 Å². The van der Waals surface area contributed by atoms with Crippen molar-refractivity contribution in [3.8, 4) is 5.75 Å². The highest BCUT2D eigenvalue weighted by atomic mass is 16.5. The van der Waals surface area contributed by atoms with Crippen LogP contribution in [0.2, 0.25) is 0 Å². The maximum Gasteiger partial charge on any atom is 0.352 e. The molecule has 4 rings (SSSR count). The Morgan fingerprint density at radius 2 is 1.81 bits per heavy atom. The number of ether oxygens (including phenoxy) is 1. The molecule has 2 aromatic heterocycles. The number of amides is 1. The molecule has 160 valence electrons. The van der Waals surface area contributed by atoms with Crippen molar-refractivity contribution in [3.63, 3.8) is 0 Å². The summed E-state index contributed by atoms with van der Waals surface area (Å²) in [5.41, 5.74) is 0.351. The van der Waals surface area contributed by atoms with Gasteiger partial charge in [0.15, 0.2) is 0 Å². The predicted octanol–water partition coefficient (Wildman–Crippen LogP) is 2.11. The minimum Gasteiger partial charge on any atom is -0.497 e. The van der Waals surface area contributed by atoms with Gasteiger partial charge in [-0.1, -0.05) is 26.0 Å². The molecular weight excluding hydrogens is 398 g/mol. The quantitative estimate of drug-likeness (QED) is 0.514. The molecule has 0 fully saturated rings. The molecule has 0 saturated carbocycles. The number of nitrogens with one attached hydrogen (secondary N) is 1. The minimum absolute atomic E-state index is 0.168. The van der Waals surface area contributed by atoms with Crippen molar-refractivity contribution < 1.29 is 9.53 Å². The van der Waals surface area contributed by atoms with Crippen molar-refractivity contribution in [1.82, 2.24) is 18.7 Å². The van der Waals surface area contributed by atoms with Crippen LogP contribution in [0.4, 0.5) is 5.69 Å². The van der Waals surface area contributed by atoms with E-state index in [1.165, 1.54) is 8.97 Å². The molecule has 9 heteroatoms. The Balaban J connectivity index is 1.76. The van der Waals surface area contributed by atoms with Gasteiger partial charge in [0.25, 0.3) is 5.56 Å². The van der Waals surface area contributed by atoms with Crippen LogP contribution < -0.4 is 21.3 Å². The molecule has 2 heterocycles. The first kappa shape index (κ1) is 20.4. The summed E-state index contributed by atoms with van der Waals surface area (Å²) >= 11 is 0. The molecule has 0 spiro atoms. The van der Waals surface area contributed by atoms with Gasteiger partial charge in [0.1, 0.15) is 12.3 Å². The van der Waals surface area contributed by atoms with Gasteiger partial charge < -0.3 is 10.1 Å². The van der Waals surface area contributed by atoms with Crippen molar-refractivity contribution in [2.24, 2.45) is 5.92 Å². The predicted molar refractivity (Wildman–Crippen MR) is 118 cm³/mol. The van der Waals surface area contributed by atoms with E-state index in [9.17, 15) is 14.4 Å². The lowest BCUT2D eigenvalue weighted by Gasteiger charge is -2.11. The van der Waals surface area contributed by atoms with Crippen LogP contribution in [0.3, 0.4) is 0 Å². The van der Waals surface area contributed by atoms with Gasteiger partial charge in [-0.15, -0.1) is 5.10 Å². The highest BCUT2D eigenvalue weighted by Gasteiger charge is 2.19. The average molecular weight is 421 g/mol. The van der Waals surface area contributed by atoms with Crippen LogP contribution in [-0.4, -0.2) is 31.8 Å². The molecule has 9 nitrogen and oxygen atoms in total. The maximum atomic E-state index is 13.1. The fourth-order valence-electron chi connectivity index (χ4n) is 3.51. The Morgan fingerprint density at radius 1 is 1.10 bits per heavy atom. The summed E-state index contributed by atoms with van der Waals surface area (Å²) < 4.78 is 9.07. The highest BCUT2D eigenvalue weighted by molar-refractivity contribution is 5.90. The van der Waals surface area contributed by atoms with Crippen LogP contribution in [0, 0.1) is 5.92 Å². The number of hydrogen-bond acceptors (Lipinski definition) is 5. The van der Waals surface area contributed by atoms with E-state index in [-0.39, 0.29) is 23.8 Å². The Kier molecular flexibility index (Phi) is 5.33. The number of rotatable bonds is 6. The summed E-state index contributed by atoms with van der Waals surface area (Å²) in [4.78, 5) is 38.7. The first-order valence-corrected chi connectivity index (χ1v) is 9.94.